The third-order valence-electron chi connectivity index (χ3n) is 3.59. The van der Waals surface area contributed by atoms with Gasteiger partial charge < -0.3 is 10.6 Å². The number of amides is 1. The lowest BCUT2D eigenvalue weighted by Gasteiger charge is -2.30. The second-order valence-corrected chi connectivity index (χ2v) is 5.72. The van der Waals surface area contributed by atoms with E-state index in [0.717, 1.165) is 30.6 Å². The summed E-state index contributed by atoms with van der Waals surface area (Å²) >= 11 is 0. The van der Waals surface area contributed by atoms with Gasteiger partial charge in [-0.15, -0.1) is 0 Å². The zero-order chi connectivity index (χ0) is 14.7. The number of hydrogen-bond donors (Lipinski definition) is 1. The third kappa shape index (κ3) is 3.07. The van der Waals surface area contributed by atoms with Gasteiger partial charge in [0, 0.05) is 24.2 Å². The molecule has 1 aromatic rings. The first-order valence-corrected chi connectivity index (χ1v) is 7.19. The highest BCUT2D eigenvalue weighted by Gasteiger charge is 2.23. The van der Waals surface area contributed by atoms with E-state index >= 15 is 0 Å². The van der Waals surface area contributed by atoms with Crippen LogP contribution in [0.2, 0.25) is 0 Å². The van der Waals surface area contributed by atoms with Crippen molar-refractivity contribution in [2.45, 2.75) is 33.1 Å². The second kappa shape index (κ2) is 6.18. The van der Waals surface area contributed by atoms with Gasteiger partial charge in [0.1, 0.15) is 0 Å². The smallest absolute Gasteiger partial charge is 0.227 e. The molecule has 0 unspecified atom stereocenters. The van der Waals surface area contributed by atoms with E-state index in [1.54, 1.807) is 6.07 Å². The lowest BCUT2D eigenvalue weighted by molar-refractivity contribution is -0.119. The molecule has 0 saturated carbocycles. The minimum absolute atomic E-state index is 0.0226. The van der Waals surface area contributed by atoms with E-state index in [-0.39, 0.29) is 18.2 Å². The van der Waals surface area contributed by atoms with E-state index in [2.05, 4.69) is 0 Å². The summed E-state index contributed by atoms with van der Waals surface area (Å²) in [7, 11) is 0. The summed E-state index contributed by atoms with van der Waals surface area (Å²) in [4.78, 5) is 25.8. The van der Waals surface area contributed by atoms with Crippen molar-refractivity contribution in [2.24, 2.45) is 11.7 Å². The van der Waals surface area contributed by atoms with Crippen molar-refractivity contribution in [2.75, 3.05) is 18.0 Å². The highest BCUT2D eigenvalue weighted by atomic mass is 16.2. The summed E-state index contributed by atoms with van der Waals surface area (Å²) in [6.07, 6.45) is 2.41. The maximum atomic E-state index is 12.3. The number of ketones is 1. The molecule has 4 nitrogen and oxygen atoms in total. The fourth-order valence-corrected chi connectivity index (χ4v) is 2.61. The van der Waals surface area contributed by atoms with Gasteiger partial charge in [0.05, 0.1) is 6.54 Å². The van der Waals surface area contributed by atoms with E-state index in [4.69, 9.17) is 5.73 Å². The summed E-state index contributed by atoms with van der Waals surface area (Å²) in [6.45, 7) is 4.88. The Morgan fingerprint density at radius 3 is 2.75 bits per heavy atom. The number of anilines is 1. The summed E-state index contributed by atoms with van der Waals surface area (Å²) in [5, 5.41) is 0. The maximum Gasteiger partial charge on any atom is 0.227 e. The van der Waals surface area contributed by atoms with Crippen molar-refractivity contribution in [3.8, 4) is 0 Å². The van der Waals surface area contributed by atoms with Gasteiger partial charge in [-0.3, -0.25) is 9.59 Å². The van der Waals surface area contributed by atoms with Crippen LogP contribution < -0.4 is 10.6 Å². The predicted octanol–water partition coefficient (Wildman–Crippen LogP) is 2.15. The molecule has 0 aliphatic carbocycles. The molecular formula is C16H22N2O2. The monoisotopic (exact) mass is 274 g/mol. The van der Waals surface area contributed by atoms with E-state index < -0.39 is 0 Å². The Labute approximate surface area is 119 Å². The number of carbonyl (C=O) groups is 2. The van der Waals surface area contributed by atoms with Gasteiger partial charge in [-0.1, -0.05) is 13.8 Å². The lowest BCUT2D eigenvalue weighted by atomic mass is 9.97. The van der Waals surface area contributed by atoms with Gasteiger partial charge in [0.15, 0.2) is 5.78 Å². The molecule has 1 aliphatic heterocycles. The average molecular weight is 274 g/mol. The number of Topliss-reactive ketones (excluding diaryl/α,β-unsaturated/α-hetero) is 1. The standard InChI is InChI=1S/C16H22N2O2/c1-11(2)8-16(20)18-7-3-4-12-9-13(15(19)10-17)5-6-14(12)18/h5-6,9,11H,3-4,7-8,10,17H2,1-2H3. The van der Waals surface area contributed by atoms with Gasteiger partial charge >= 0.3 is 0 Å². The Kier molecular flexibility index (Phi) is 4.55. The molecule has 1 amide bonds. The van der Waals surface area contributed by atoms with Crippen molar-refractivity contribution in [3.05, 3.63) is 29.3 Å². The van der Waals surface area contributed by atoms with E-state index in [1.165, 1.54) is 0 Å². The molecule has 0 saturated heterocycles. The predicted molar refractivity (Wildman–Crippen MR) is 80.0 cm³/mol. The number of benzene rings is 1. The molecule has 0 spiro atoms. The summed E-state index contributed by atoms with van der Waals surface area (Å²) in [5.41, 5.74) is 8.07. The van der Waals surface area contributed by atoms with Gasteiger partial charge in [0.25, 0.3) is 0 Å². The van der Waals surface area contributed by atoms with Crippen LogP contribution in [0, 0.1) is 5.92 Å². The highest BCUT2D eigenvalue weighted by Crippen LogP contribution is 2.29. The first-order valence-electron chi connectivity index (χ1n) is 7.19. The van der Waals surface area contributed by atoms with E-state index in [1.807, 2.05) is 30.9 Å². The number of nitrogens with zero attached hydrogens (tertiary/aromatic N) is 1. The van der Waals surface area contributed by atoms with Crippen LogP contribution in [0.4, 0.5) is 5.69 Å². The fourth-order valence-electron chi connectivity index (χ4n) is 2.61. The molecule has 20 heavy (non-hydrogen) atoms. The maximum absolute atomic E-state index is 12.3. The number of nitrogens with two attached hydrogens (primary N) is 1. The van der Waals surface area contributed by atoms with Crippen LogP contribution in [0.5, 0.6) is 0 Å². The van der Waals surface area contributed by atoms with Gasteiger partial charge in [0.2, 0.25) is 5.91 Å². The van der Waals surface area contributed by atoms with Crippen LogP contribution in [0.15, 0.2) is 18.2 Å². The topological polar surface area (TPSA) is 63.4 Å². The highest BCUT2D eigenvalue weighted by molar-refractivity contribution is 5.99. The Hall–Kier alpha value is -1.68. The normalized spacial score (nSPS) is 14.3. The zero-order valence-corrected chi connectivity index (χ0v) is 12.2. The third-order valence-corrected chi connectivity index (χ3v) is 3.59. The minimum atomic E-state index is -0.0570. The molecule has 0 fully saturated rings. The zero-order valence-electron chi connectivity index (χ0n) is 12.2. The Bertz CT molecular complexity index is 523. The molecular weight excluding hydrogens is 252 g/mol. The minimum Gasteiger partial charge on any atom is -0.324 e. The van der Waals surface area contributed by atoms with E-state index in [9.17, 15) is 9.59 Å². The van der Waals surface area contributed by atoms with Crippen molar-refractivity contribution in [3.63, 3.8) is 0 Å². The largest absolute Gasteiger partial charge is 0.324 e. The van der Waals surface area contributed by atoms with Crippen molar-refractivity contribution >= 4 is 17.4 Å². The van der Waals surface area contributed by atoms with Crippen molar-refractivity contribution in [1.82, 2.24) is 0 Å². The molecule has 108 valence electrons. The molecule has 1 heterocycles. The first kappa shape index (κ1) is 14.7. The number of hydrogen-bond acceptors (Lipinski definition) is 3. The van der Waals surface area contributed by atoms with Crippen LogP contribution in [-0.2, 0) is 11.2 Å². The fraction of sp³-hybridized carbons (Fsp3) is 0.500. The molecule has 1 aromatic carbocycles. The van der Waals surface area contributed by atoms with Gasteiger partial charge in [-0.2, -0.15) is 0 Å². The molecule has 2 N–H and O–H groups in total. The number of aryl methyl sites for hydroxylation is 1. The van der Waals surface area contributed by atoms with Gasteiger partial charge in [-0.05, 0) is 42.5 Å². The molecule has 0 aromatic heterocycles. The van der Waals surface area contributed by atoms with Crippen LogP contribution in [0.1, 0.15) is 42.6 Å². The summed E-state index contributed by atoms with van der Waals surface area (Å²) in [5.74, 6) is 0.461. The molecule has 4 heteroatoms. The Balaban J connectivity index is 2.28. The van der Waals surface area contributed by atoms with Gasteiger partial charge in [-0.25, -0.2) is 0 Å². The number of fused-ring (bicyclic) bond motifs is 1. The average Bonchev–Trinajstić information content (AvgIpc) is 2.44. The number of carbonyl (C=O) groups excluding carboxylic acids is 2. The Morgan fingerprint density at radius 2 is 2.10 bits per heavy atom. The van der Waals surface area contributed by atoms with Crippen LogP contribution in [0.3, 0.4) is 0 Å². The summed E-state index contributed by atoms with van der Waals surface area (Å²) < 4.78 is 0. The van der Waals surface area contributed by atoms with Crippen LogP contribution in [0.25, 0.3) is 0 Å². The quantitative estimate of drug-likeness (QED) is 0.856. The Morgan fingerprint density at radius 1 is 1.35 bits per heavy atom. The van der Waals surface area contributed by atoms with E-state index in [0.29, 0.717) is 17.9 Å². The molecule has 0 bridgehead atoms. The SMILES string of the molecule is CC(C)CC(=O)N1CCCc2cc(C(=O)CN)ccc21. The van der Waals surface area contributed by atoms with Crippen LogP contribution in [-0.4, -0.2) is 24.8 Å². The molecule has 2 rings (SSSR count). The summed E-state index contributed by atoms with van der Waals surface area (Å²) in [6, 6.07) is 5.55. The molecule has 1 aliphatic rings. The number of rotatable bonds is 4. The van der Waals surface area contributed by atoms with Crippen LogP contribution >= 0.6 is 0 Å². The second-order valence-electron chi connectivity index (χ2n) is 5.72. The molecule has 0 atom stereocenters. The van der Waals surface area contributed by atoms with Crippen molar-refractivity contribution in [1.29, 1.82) is 0 Å². The van der Waals surface area contributed by atoms with Crippen molar-refractivity contribution < 1.29 is 9.59 Å². The lowest BCUT2D eigenvalue weighted by Crippen LogP contribution is -2.36. The molecule has 0 radical (unpaired) electrons. The first-order chi connectivity index (χ1) is 9.52.